The second kappa shape index (κ2) is 7.50. The van der Waals surface area contributed by atoms with E-state index in [9.17, 15) is 20.1 Å². The Kier molecular flexibility index (Phi) is 5.42. The van der Waals surface area contributed by atoms with E-state index in [1.54, 1.807) is 0 Å². The van der Waals surface area contributed by atoms with E-state index in [2.05, 4.69) is 24.4 Å². The SMILES string of the molecule is CC(C)C/C(=N\NC(=O)c1cc(O)c(O)c(O)c1)c1ccccc1. The van der Waals surface area contributed by atoms with Crippen molar-refractivity contribution in [3.63, 3.8) is 0 Å². The fraction of sp³-hybridized carbons (Fsp3) is 0.222. The molecule has 0 atom stereocenters. The number of amides is 1. The number of benzene rings is 2. The van der Waals surface area contributed by atoms with Gasteiger partial charge in [0, 0.05) is 5.56 Å². The highest BCUT2D eigenvalue weighted by molar-refractivity contribution is 6.02. The van der Waals surface area contributed by atoms with Crippen molar-refractivity contribution in [1.29, 1.82) is 0 Å². The minimum absolute atomic E-state index is 0.0106. The number of phenolic OH excluding ortho intramolecular Hbond substituents is 3. The van der Waals surface area contributed by atoms with Crippen LogP contribution in [0.3, 0.4) is 0 Å². The van der Waals surface area contributed by atoms with E-state index in [0.29, 0.717) is 12.3 Å². The van der Waals surface area contributed by atoms with Crippen molar-refractivity contribution in [3.8, 4) is 17.2 Å². The summed E-state index contributed by atoms with van der Waals surface area (Å²) in [5.41, 5.74) is 4.04. The van der Waals surface area contributed by atoms with E-state index < -0.39 is 23.2 Å². The molecule has 0 aliphatic heterocycles. The molecule has 126 valence electrons. The zero-order valence-electron chi connectivity index (χ0n) is 13.5. The van der Waals surface area contributed by atoms with Gasteiger partial charge in [-0.2, -0.15) is 5.10 Å². The number of carbonyl (C=O) groups is 1. The number of nitrogens with zero attached hydrogens (tertiary/aromatic N) is 1. The van der Waals surface area contributed by atoms with Gasteiger partial charge in [0.25, 0.3) is 5.91 Å². The van der Waals surface area contributed by atoms with Crippen LogP contribution in [0, 0.1) is 5.92 Å². The van der Waals surface area contributed by atoms with Gasteiger partial charge in [-0.15, -0.1) is 0 Å². The first-order valence-corrected chi connectivity index (χ1v) is 7.55. The van der Waals surface area contributed by atoms with Gasteiger partial charge >= 0.3 is 0 Å². The van der Waals surface area contributed by atoms with Crippen LogP contribution in [0.4, 0.5) is 0 Å². The third-order valence-electron chi connectivity index (χ3n) is 3.33. The Labute approximate surface area is 140 Å². The van der Waals surface area contributed by atoms with Crippen molar-refractivity contribution >= 4 is 11.6 Å². The van der Waals surface area contributed by atoms with Gasteiger partial charge in [-0.3, -0.25) is 4.79 Å². The van der Waals surface area contributed by atoms with E-state index in [1.165, 1.54) is 0 Å². The average Bonchev–Trinajstić information content (AvgIpc) is 2.56. The Balaban J connectivity index is 2.23. The summed E-state index contributed by atoms with van der Waals surface area (Å²) in [5.74, 6) is -2.07. The molecule has 0 unspecified atom stereocenters. The van der Waals surface area contributed by atoms with Crippen LogP contribution in [-0.2, 0) is 0 Å². The fourth-order valence-corrected chi connectivity index (χ4v) is 2.16. The van der Waals surface area contributed by atoms with Gasteiger partial charge in [0.1, 0.15) is 0 Å². The number of aromatic hydroxyl groups is 3. The first kappa shape index (κ1) is 17.3. The van der Waals surface area contributed by atoms with Crippen LogP contribution in [0.15, 0.2) is 47.6 Å². The molecule has 4 N–H and O–H groups in total. The summed E-state index contributed by atoms with van der Waals surface area (Å²) in [4.78, 5) is 12.2. The molecule has 0 spiro atoms. The first-order chi connectivity index (χ1) is 11.4. The molecule has 0 bridgehead atoms. The molecule has 2 aromatic rings. The summed E-state index contributed by atoms with van der Waals surface area (Å²) in [7, 11) is 0. The van der Waals surface area contributed by atoms with Crippen LogP contribution in [0.2, 0.25) is 0 Å². The normalized spacial score (nSPS) is 11.5. The van der Waals surface area contributed by atoms with E-state index in [0.717, 1.165) is 23.4 Å². The summed E-state index contributed by atoms with van der Waals surface area (Å²) >= 11 is 0. The summed E-state index contributed by atoms with van der Waals surface area (Å²) in [5, 5.41) is 32.5. The minimum atomic E-state index is -0.667. The molecular formula is C18H20N2O4. The van der Waals surface area contributed by atoms with Crippen LogP contribution in [-0.4, -0.2) is 26.9 Å². The molecule has 0 fully saturated rings. The quantitative estimate of drug-likeness (QED) is 0.385. The van der Waals surface area contributed by atoms with Crippen LogP contribution in [0.25, 0.3) is 0 Å². The van der Waals surface area contributed by atoms with Gasteiger partial charge in [0.2, 0.25) is 0 Å². The van der Waals surface area contributed by atoms with Crippen molar-refractivity contribution in [2.75, 3.05) is 0 Å². The Morgan fingerprint density at radius 3 is 2.17 bits per heavy atom. The lowest BCUT2D eigenvalue weighted by Gasteiger charge is -2.10. The molecular weight excluding hydrogens is 308 g/mol. The zero-order valence-corrected chi connectivity index (χ0v) is 13.5. The molecule has 0 radical (unpaired) electrons. The Bertz CT molecular complexity index is 732. The van der Waals surface area contributed by atoms with Crippen molar-refractivity contribution in [2.45, 2.75) is 20.3 Å². The molecule has 0 heterocycles. The number of phenols is 3. The molecule has 0 aliphatic rings. The average molecular weight is 328 g/mol. The maximum Gasteiger partial charge on any atom is 0.271 e. The van der Waals surface area contributed by atoms with Crippen molar-refractivity contribution in [2.24, 2.45) is 11.0 Å². The third-order valence-corrected chi connectivity index (χ3v) is 3.33. The van der Waals surface area contributed by atoms with Gasteiger partial charge in [-0.05, 0) is 30.0 Å². The summed E-state index contributed by atoms with van der Waals surface area (Å²) in [6.45, 7) is 4.10. The molecule has 6 nitrogen and oxygen atoms in total. The predicted molar refractivity (Wildman–Crippen MR) is 91.3 cm³/mol. The van der Waals surface area contributed by atoms with Gasteiger partial charge < -0.3 is 15.3 Å². The molecule has 0 saturated carbocycles. The number of rotatable bonds is 5. The first-order valence-electron chi connectivity index (χ1n) is 7.55. The second-order valence-corrected chi connectivity index (χ2v) is 5.83. The highest BCUT2D eigenvalue weighted by Gasteiger charge is 2.14. The molecule has 1 amide bonds. The lowest BCUT2D eigenvalue weighted by Crippen LogP contribution is -2.20. The van der Waals surface area contributed by atoms with Crippen LogP contribution in [0.5, 0.6) is 17.2 Å². The lowest BCUT2D eigenvalue weighted by molar-refractivity contribution is 0.0954. The molecule has 24 heavy (non-hydrogen) atoms. The molecule has 0 saturated heterocycles. The van der Waals surface area contributed by atoms with Gasteiger partial charge in [0.05, 0.1) is 5.71 Å². The summed E-state index contributed by atoms with van der Waals surface area (Å²) in [6.07, 6.45) is 0.677. The standard InChI is InChI=1S/C18H20N2O4/c1-11(2)8-14(12-6-4-3-5-7-12)19-20-18(24)13-9-15(21)17(23)16(22)10-13/h3-7,9-11,21-23H,8H2,1-2H3,(H,20,24)/b19-14+. The van der Waals surface area contributed by atoms with Gasteiger partial charge in [0.15, 0.2) is 17.2 Å². The molecule has 0 aliphatic carbocycles. The Morgan fingerprint density at radius 1 is 1.04 bits per heavy atom. The largest absolute Gasteiger partial charge is 0.504 e. The highest BCUT2D eigenvalue weighted by atomic mass is 16.3. The molecule has 2 aromatic carbocycles. The van der Waals surface area contributed by atoms with E-state index in [-0.39, 0.29) is 5.56 Å². The van der Waals surface area contributed by atoms with Crippen LogP contribution >= 0.6 is 0 Å². The van der Waals surface area contributed by atoms with E-state index >= 15 is 0 Å². The molecule has 6 heteroatoms. The zero-order chi connectivity index (χ0) is 17.7. The van der Waals surface area contributed by atoms with E-state index in [4.69, 9.17) is 0 Å². The number of hydrazone groups is 1. The summed E-state index contributed by atoms with van der Waals surface area (Å²) in [6, 6.07) is 11.6. The number of hydrogen-bond donors (Lipinski definition) is 4. The fourth-order valence-electron chi connectivity index (χ4n) is 2.16. The van der Waals surface area contributed by atoms with Gasteiger partial charge in [-0.25, -0.2) is 5.43 Å². The maximum atomic E-state index is 12.2. The molecule has 0 aromatic heterocycles. The highest BCUT2D eigenvalue weighted by Crippen LogP contribution is 2.35. The number of carbonyl (C=O) groups excluding carboxylic acids is 1. The molecule has 2 rings (SSSR count). The predicted octanol–water partition coefficient (Wildman–Crippen LogP) is 2.98. The van der Waals surface area contributed by atoms with E-state index in [1.807, 2.05) is 30.3 Å². The van der Waals surface area contributed by atoms with Gasteiger partial charge in [-0.1, -0.05) is 44.2 Å². The van der Waals surface area contributed by atoms with Crippen LogP contribution in [0.1, 0.15) is 36.2 Å². The van der Waals surface area contributed by atoms with Crippen molar-refractivity contribution in [3.05, 3.63) is 53.6 Å². The number of nitrogens with one attached hydrogen (secondary N) is 1. The Morgan fingerprint density at radius 2 is 1.62 bits per heavy atom. The maximum absolute atomic E-state index is 12.2. The van der Waals surface area contributed by atoms with Crippen molar-refractivity contribution < 1.29 is 20.1 Å². The van der Waals surface area contributed by atoms with Crippen molar-refractivity contribution in [1.82, 2.24) is 5.43 Å². The topological polar surface area (TPSA) is 102 Å². The number of hydrogen-bond acceptors (Lipinski definition) is 5. The minimum Gasteiger partial charge on any atom is -0.504 e. The monoisotopic (exact) mass is 328 g/mol. The second-order valence-electron chi connectivity index (χ2n) is 5.83. The van der Waals surface area contributed by atoms with Crippen LogP contribution < -0.4 is 5.43 Å². The third kappa shape index (κ3) is 4.25. The Hall–Kier alpha value is -3.02. The smallest absolute Gasteiger partial charge is 0.271 e. The summed E-state index contributed by atoms with van der Waals surface area (Å²) < 4.78 is 0. The lowest BCUT2D eigenvalue weighted by atomic mass is 10.0.